The molecule has 0 aliphatic rings. The van der Waals surface area contributed by atoms with Gasteiger partial charge in [0.2, 0.25) is 0 Å². The molecule has 0 radical (unpaired) electrons. The molecule has 0 saturated carbocycles. The fourth-order valence-corrected chi connectivity index (χ4v) is 2.61. The Labute approximate surface area is 155 Å². The SMILES string of the molecule is NCC(N)CCNCCNCCNCCNc1c(Cl)cccc1Cl. The molecule has 8 N–H and O–H groups in total. The Morgan fingerprint density at radius 3 is 1.88 bits per heavy atom. The second-order valence-electron chi connectivity index (χ2n) is 5.56. The quantitative estimate of drug-likeness (QED) is 0.269. The van der Waals surface area contributed by atoms with Crippen molar-refractivity contribution in [3.8, 4) is 0 Å². The first-order valence-corrected chi connectivity index (χ1v) is 9.16. The van der Waals surface area contributed by atoms with Crippen LogP contribution in [0.4, 0.5) is 5.69 Å². The summed E-state index contributed by atoms with van der Waals surface area (Å²) in [6, 6.07) is 5.58. The molecule has 1 atom stereocenters. The van der Waals surface area contributed by atoms with Crippen LogP contribution in [-0.2, 0) is 0 Å². The Morgan fingerprint density at radius 2 is 1.33 bits per heavy atom. The van der Waals surface area contributed by atoms with Crippen molar-refractivity contribution in [3.63, 3.8) is 0 Å². The maximum atomic E-state index is 6.09. The van der Waals surface area contributed by atoms with Crippen molar-refractivity contribution < 1.29 is 0 Å². The van der Waals surface area contributed by atoms with Crippen LogP contribution in [0, 0.1) is 0 Å². The van der Waals surface area contributed by atoms with Crippen LogP contribution in [0.2, 0.25) is 10.0 Å². The number of hydrogen-bond acceptors (Lipinski definition) is 6. The van der Waals surface area contributed by atoms with Crippen LogP contribution in [0.3, 0.4) is 0 Å². The van der Waals surface area contributed by atoms with Crippen LogP contribution in [0.5, 0.6) is 0 Å². The van der Waals surface area contributed by atoms with Gasteiger partial charge in [-0.2, -0.15) is 0 Å². The smallest absolute Gasteiger partial charge is 0.0719 e. The third-order valence-corrected chi connectivity index (χ3v) is 4.15. The van der Waals surface area contributed by atoms with Crippen LogP contribution in [-0.4, -0.2) is 58.4 Å². The molecular weight excluding hydrogens is 347 g/mol. The third kappa shape index (κ3) is 9.64. The first-order chi connectivity index (χ1) is 11.6. The molecule has 0 amide bonds. The first kappa shape index (κ1) is 21.4. The summed E-state index contributed by atoms with van der Waals surface area (Å²) >= 11 is 12.2. The van der Waals surface area contributed by atoms with Gasteiger partial charge in [0.05, 0.1) is 15.7 Å². The number of nitrogens with one attached hydrogen (secondary N) is 4. The Bertz CT molecular complexity index is 426. The zero-order valence-corrected chi connectivity index (χ0v) is 15.6. The standard InChI is InChI=1S/C16H30Cl2N6/c17-14-2-1-3-15(18)16(14)24-11-10-23-9-8-22-7-6-21-5-4-13(20)12-19/h1-3,13,21-24H,4-12,19-20H2. The molecule has 0 aliphatic carbocycles. The first-order valence-electron chi connectivity index (χ1n) is 8.40. The summed E-state index contributed by atoms with van der Waals surface area (Å²) in [4.78, 5) is 0. The van der Waals surface area contributed by atoms with E-state index in [9.17, 15) is 0 Å². The fraction of sp³-hybridized carbons (Fsp3) is 0.625. The maximum absolute atomic E-state index is 6.09. The molecule has 0 saturated heterocycles. The second kappa shape index (κ2) is 13.7. The normalized spacial score (nSPS) is 12.3. The number of hydrogen-bond donors (Lipinski definition) is 6. The van der Waals surface area contributed by atoms with Crippen LogP contribution >= 0.6 is 23.2 Å². The van der Waals surface area contributed by atoms with Crippen LogP contribution in [0.1, 0.15) is 6.42 Å². The minimum absolute atomic E-state index is 0.101. The van der Waals surface area contributed by atoms with Crippen LogP contribution in [0.15, 0.2) is 18.2 Å². The molecular formula is C16H30Cl2N6. The highest BCUT2D eigenvalue weighted by Crippen LogP contribution is 2.29. The average Bonchev–Trinajstić information content (AvgIpc) is 2.57. The average molecular weight is 377 g/mol. The van der Waals surface area contributed by atoms with Gasteiger partial charge in [-0.3, -0.25) is 0 Å². The summed E-state index contributed by atoms with van der Waals surface area (Å²) in [6.45, 7) is 6.78. The maximum Gasteiger partial charge on any atom is 0.0719 e. The lowest BCUT2D eigenvalue weighted by Crippen LogP contribution is -2.36. The molecule has 1 aromatic carbocycles. The van der Waals surface area contributed by atoms with E-state index in [4.69, 9.17) is 34.7 Å². The molecule has 1 aromatic rings. The van der Waals surface area contributed by atoms with Crippen molar-refractivity contribution in [1.29, 1.82) is 0 Å². The van der Waals surface area contributed by atoms with Crippen LogP contribution in [0.25, 0.3) is 0 Å². The van der Waals surface area contributed by atoms with Gasteiger partial charge in [0.25, 0.3) is 0 Å². The Kier molecular flexibility index (Phi) is 12.2. The summed E-state index contributed by atoms with van der Waals surface area (Å²) in [5.41, 5.74) is 12.0. The number of nitrogens with two attached hydrogens (primary N) is 2. The van der Waals surface area contributed by atoms with E-state index in [0.29, 0.717) is 16.6 Å². The van der Waals surface area contributed by atoms with Crippen molar-refractivity contribution in [3.05, 3.63) is 28.2 Å². The highest BCUT2D eigenvalue weighted by molar-refractivity contribution is 6.39. The monoisotopic (exact) mass is 376 g/mol. The van der Waals surface area contributed by atoms with Gasteiger partial charge >= 0.3 is 0 Å². The summed E-state index contributed by atoms with van der Waals surface area (Å²) < 4.78 is 0. The number of anilines is 1. The van der Waals surface area contributed by atoms with E-state index in [1.54, 1.807) is 0 Å². The highest BCUT2D eigenvalue weighted by Gasteiger charge is 2.03. The molecule has 8 heteroatoms. The lowest BCUT2D eigenvalue weighted by molar-refractivity contribution is 0.545. The molecule has 138 valence electrons. The molecule has 0 spiro atoms. The Hall–Kier alpha value is -0.600. The van der Waals surface area contributed by atoms with Gasteiger partial charge in [0.15, 0.2) is 0 Å². The third-order valence-electron chi connectivity index (χ3n) is 3.52. The van der Waals surface area contributed by atoms with Crippen molar-refractivity contribution in [2.75, 3.05) is 57.7 Å². The van der Waals surface area contributed by atoms with Crippen LogP contribution < -0.4 is 32.7 Å². The van der Waals surface area contributed by atoms with E-state index in [-0.39, 0.29) is 6.04 Å². The number of benzene rings is 1. The van der Waals surface area contributed by atoms with E-state index < -0.39 is 0 Å². The number of para-hydroxylation sites is 1. The van der Waals surface area contributed by atoms with Gasteiger partial charge < -0.3 is 32.7 Å². The molecule has 6 nitrogen and oxygen atoms in total. The summed E-state index contributed by atoms with van der Waals surface area (Å²) in [5.74, 6) is 0. The highest BCUT2D eigenvalue weighted by atomic mass is 35.5. The van der Waals surface area contributed by atoms with E-state index in [0.717, 1.165) is 57.9 Å². The summed E-state index contributed by atoms with van der Waals surface area (Å²) in [6.07, 6.45) is 0.917. The predicted octanol–water partition coefficient (Wildman–Crippen LogP) is 0.850. The number of halogens is 2. The van der Waals surface area contributed by atoms with E-state index in [1.807, 2.05) is 18.2 Å². The molecule has 0 bridgehead atoms. The largest absolute Gasteiger partial charge is 0.381 e. The summed E-state index contributed by atoms with van der Waals surface area (Å²) in [5, 5.41) is 14.6. The van der Waals surface area contributed by atoms with Crippen molar-refractivity contribution in [2.24, 2.45) is 11.5 Å². The Balaban J connectivity index is 1.89. The van der Waals surface area contributed by atoms with Gasteiger partial charge in [-0.25, -0.2) is 0 Å². The van der Waals surface area contributed by atoms with E-state index in [1.165, 1.54) is 0 Å². The molecule has 1 rings (SSSR count). The molecule has 0 fully saturated rings. The predicted molar refractivity (Wildman–Crippen MR) is 105 cm³/mol. The van der Waals surface area contributed by atoms with Gasteiger partial charge in [0.1, 0.15) is 0 Å². The minimum atomic E-state index is 0.101. The fourth-order valence-electron chi connectivity index (χ4n) is 2.08. The van der Waals surface area contributed by atoms with E-state index in [2.05, 4.69) is 21.3 Å². The van der Waals surface area contributed by atoms with Crippen molar-refractivity contribution in [2.45, 2.75) is 12.5 Å². The molecule has 0 aliphatic heterocycles. The zero-order valence-electron chi connectivity index (χ0n) is 14.1. The second-order valence-corrected chi connectivity index (χ2v) is 6.37. The Morgan fingerprint density at radius 1 is 0.833 bits per heavy atom. The van der Waals surface area contributed by atoms with Crippen molar-refractivity contribution in [1.82, 2.24) is 16.0 Å². The summed E-state index contributed by atoms with van der Waals surface area (Å²) in [7, 11) is 0. The lowest BCUT2D eigenvalue weighted by Gasteiger charge is -2.11. The lowest BCUT2D eigenvalue weighted by atomic mass is 10.2. The number of rotatable bonds is 14. The molecule has 24 heavy (non-hydrogen) atoms. The van der Waals surface area contributed by atoms with Gasteiger partial charge in [-0.15, -0.1) is 0 Å². The minimum Gasteiger partial charge on any atom is -0.381 e. The van der Waals surface area contributed by atoms with Gasteiger partial charge in [-0.1, -0.05) is 29.3 Å². The van der Waals surface area contributed by atoms with Crippen molar-refractivity contribution >= 4 is 28.9 Å². The topological polar surface area (TPSA) is 100 Å². The van der Waals surface area contributed by atoms with Gasteiger partial charge in [-0.05, 0) is 25.1 Å². The van der Waals surface area contributed by atoms with E-state index >= 15 is 0 Å². The molecule has 0 heterocycles. The zero-order chi connectivity index (χ0) is 17.6. The molecule has 1 unspecified atom stereocenters. The van der Waals surface area contributed by atoms with Gasteiger partial charge in [0, 0.05) is 51.9 Å². The molecule has 0 aromatic heterocycles.